The fraction of sp³-hybridized carbons (Fsp3) is 0.393. The number of carboxylic acids is 1. The minimum atomic E-state index is -1.04. The zero-order valence-corrected chi connectivity index (χ0v) is 19.7. The molecule has 2 amide bonds. The third-order valence-electron chi connectivity index (χ3n) is 7.81. The van der Waals surface area contributed by atoms with Crippen LogP contribution in [0, 0.1) is 5.41 Å². The molecular formula is C28H30N2O5. The molecule has 5 rings (SSSR count). The van der Waals surface area contributed by atoms with Crippen LogP contribution in [0.5, 0.6) is 0 Å². The number of nitrogens with one attached hydrogen (secondary N) is 1. The molecule has 0 atom stereocenters. The van der Waals surface area contributed by atoms with Gasteiger partial charge in [0.1, 0.15) is 17.6 Å². The first kappa shape index (κ1) is 23.1. The third-order valence-corrected chi connectivity index (χ3v) is 7.81. The van der Waals surface area contributed by atoms with Crippen LogP contribution in [0.1, 0.15) is 49.1 Å². The number of carbonyl (C=O) groups is 3. The first-order valence-corrected chi connectivity index (χ1v) is 12.2. The van der Waals surface area contributed by atoms with E-state index in [0.29, 0.717) is 19.3 Å². The fourth-order valence-electron chi connectivity index (χ4n) is 5.96. The highest BCUT2D eigenvalue weighted by atomic mass is 16.5. The van der Waals surface area contributed by atoms with E-state index in [0.717, 1.165) is 35.1 Å². The molecule has 1 saturated carbocycles. The Bertz CT molecular complexity index is 1130. The maximum absolute atomic E-state index is 13.4. The molecule has 2 aromatic rings. The molecule has 0 aromatic heterocycles. The first-order chi connectivity index (χ1) is 16.9. The number of nitrogens with zero attached hydrogens (tertiary/aromatic N) is 1. The summed E-state index contributed by atoms with van der Waals surface area (Å²) in [6, 6.07) is 16.3. The highest BCUT2D eigenvalue weighted by molar-refractivity contribution is 5.92. The summed E-state index contributed by atoms with van der Waals surface area (Å²) in [5.41, 5.74) is 2.53. The second kappa shape index (κ2) is 8.87. The highest BCUT2D eigenvalue weighted by Gasteiger charge is 2.55. The molecule has 0 spiro atoms. The molecular weight excluding hydrogens is 444 g/mol. The van der Waals surface area contributed by atoms with E-state index in [1.165, 1.54) is 0 Å². The molecule has 0 bridgehead atoms. The fourth-order valence-corrected chi connectivity index (χ4v) is 5.96. The highest BCUT2D eigenvalue weighted by Crippen LogP contribution is 2.45. The van der Waals surface area contributed by atoms with Crippen LogP contribution in [0.4, 0.5) is 4.79 Å². The molecule has 7 nitrogen and oxygen atoms in total. The molecule has 1 heterocycles. The van der Waals surface area contributed by atoms with Crippen molar-refractivity contribution in [3.8, 4) is 11.1 Å². The molecule has 182 valence electrons. The number of carbonyl (C=O) groups excluding carboxylic acids is 2. The van der Waals surface area contributed by atoms with E-state index in [-0.39, 0.29) is 31.5 Å². The number of carboxylic acid groups (broad SMARTS) is 1. The number of rotatable bonds is 7. The molecule has 1 saturated heterocycles. The number of aliphatic carboxylic acids is 1. The number of benzene rings is 2. The SMILES string of the molecule is C=CCC1(C(=O)O)CN(C(=O)C2(NC(=O)OCC3c4ccccc4-c4ccccc43)CCCC2)C1. The van der Waals surface area contributed by atoms with E-state index in [1.807, 2.05) is 24.3 Å². The molecule has 7 heteroatoms. The van der Waals surface area contributed by atoms with Gasteiger partial charge in [-0.15, -0.1) is 6.58 Å². The monoisotopic (exact) mass is 474 g/mol. The molecule has 2 aromatic carbocycles. The summed E-state index contributed by atoms with van der Waals surface area (Å²) < 4.78 is 5.70. The van der Waals surface area contributed by atoms with Gasteiger partial charge in [-0.05, 0) is 41.5 Å². The number of hydrogen-bond acceptors (Lipinski definition) is 4. The predicted molar refractivity (Wildman–Crippen MR) is 131 cm³/mol. The van der Waals surface area contributed by atoms with Crippen LogP contribution < -0.4 is 5.32 Å². The van der Waals surface area contributed by atoms with Gasteiger partial charge in [0.05, 0.1) is 0 Å². The third kappa shape index (κ3) is 3.89. The van der Waals surface area contributed by atoms with Gasteiger partial charge in [0.2, 0.25) is 5.91 Å². The Morgan fingerprint density at radius 1 is 1.03 bits per heavy atom. The number of ether oxygens (including phenoxy) is 1. The van der Waals surface area contributed by atoms with Crippen LogP contribution in [0.2, 0.25) is 0 Å². The Morgan fingerprint density at radius 3 is 2.14 bits per heavy atom. The van der Waals surface area contributed by atoms with Crippen LogP contribution in [0.3, 0.4) is 0 Å². The van der Waals surface area contributed by atoms with Gasteiger partial charge in [0.25, 0.3) is 0 Å². The van der Waals surface area contributed by atoms with Gasteiger partial charge in [-0.25, -0.2) is 4.79 Å². The number of fused-ring (bicyclic) bond motifs is 3. The zero-order chi connectivity index (χ0) is 24.6. The van der Waals surface area contributed by atoms with Crippen LogP contribution in [0.15, 0.2) is 61.2 Å². The smallest absolute Gasteiger partial charge is 0.408 e. The topological polar surface area (TPSA) is 95.9 Å². The summed E-state index contributed by atoms with van der Waals surface area (Å²) in [4.78, 5) is 39.7. The van der Waals surface area contributed by atoms with Crippen molar-refractivity contribution in [3.05, 3.63) is 72.3 Å². The lowest BCUT2D eigenvalue weighted by Gasteiger charge is -2.49. The standard InChI is InChI=1S/C28H30N2O5/c1-2-13-27(25(32)33)17-30(18-27)24(31)28(14-7-8-15-28)29-26(34)35-16-23-21-11-5-3-9-19(21)20-10-4-6-12-22(20)23/h2-6,9-12,23H,1,7-8,13-18H2,(H,29,34)(H,32,33). The van der Waals surface area contributed by atoms with E-state index in [9.17, 15) is 19.5 Å². The summed E-state index contributed by atoms with van der Waals surface area (Å²) in [6.45, 7) is 4.08. The van der Waals surface area contributed by atoms with E-state index >= 15 is 0 Å². The summed E-state index contributed by atoms with van der Waals surface area (Å²) in [5.74, 6) is -1.20. The molecule has 2 fully saturated rings. The second-order valence-corrected chi connectivity index (χ2v) is 9.98. The first-order valence-electron chi connectivity index (χ1n) is 12.2. The summed E-state index contributed by atoms with van der Waals surface area (Å²) in [6.07, 6.45) is 3.95. The minimum absolute atomic E-state index is 0.0613. The van der Waals surface area contributed by atoms with E-state index in [2.05, 4.69) is 36.2 Å². The van der Waals surface area contributed by atoms with Crippen LogP contribution in [-0.4, -0.2) is 53.2 Å². The van der Waals surface area contributed by atoms with Gasteiger partial charge in [0.15, 0.2) is 0 Å². The maximum atomic E-state index is 13.4. The van der Waals surface area contributed by atoms with Gasteiger partial charge >= 0.3 is 12.1 Å². The molecule has 3 aliphatic rings. The number of alkyl carbamates (subject to hydrolysis) is 1. The minimum Gasteiger partial charge on any atom is -0.481 e. The Hall–Kier alpha value is -3.61. The van der Waals surface area contributed by atoms with Gasteiger partial charge < -0.3 is 20.1 Å². The molecule has 2 aliphatic carbocycles. The lowest BCUT2D eigenvalue weighted by molar-refractivity contribution is -0.168. The lowest BCUT2D eigenvalue weighted by atomic mass is 9.75. The summed E-state index contributed by atoms with van der Waals surface area (Å²) >= 11 is 0. The van der Waals surface area contributed by atoms with Crippen molar-refractivity contribution in [2.75, 3.05) is 19.7 Å². The second-order valence-electron chi connectivity index (χ2n) is 9.98. The average Bonchev–Trinajstić information content (AvgIpc) is 3.43. The van der Waals surface area contributed by atoms with Gasteiger partial charge in [-0.1, -0.05) is 67.4 Å². The van der Waals surface area contributed by atoms with Crippen molar-refractivity contribution >= 4 is 18.0 Å². The van der Waals surface area contributed by atoms with E-state index < -0.39 is 23.0 Å². The Kier molecular flexibility index (Phi) is 5.87. The zero-order valence-electron chi connectivity index (χ0n) is 19.7. The quantitative estimate of drug-likeness (QED) is 0.583. The Balaban J connectivity index is 1.26. The van der Waals surface area contributed by atoms with Gasteiger partial charge in [-0.3, -0.25) is 9.59 Å². The van der Waals surface area contributed by atoms with Crippen molar-refractivity contribution < 1.29 is 24.2 Å². The lowest BCUT2D eigenvalue weighted by Crippen LogP contribution is -2.68. The molecule has 2 N–H and O–H groups in total. The Labute approximate surface area is 204 Å². The number of amides is 2. The predicted octanol–water partition coefficient (Wildman–Crippen LogP) is 4.33. The average molecular weight is 475 g/mol. The molecule has 0 unspecified atom stereocenters. The van der Waals surface area contributed by atoms with Gasteiger partial charge in [0, 0.05) is 19.0 Å². The van der Waals surface area contributed by atoms with Crippen LogP contribution in [0.25, 0.3) is 11.1 Å². The van der Waals surface area contributed by atoms with E-state index in [4.69, 9.17) is 4.74 Å². The maximum Gasteiger partial charge on any atom is 0.408 e. The summed E-state index contributed by atoms with van der Waals surface area (Å²) in [7, 11) is 0. The number of likely N-dealkylation sites (tertiary alicyclic amines) is 1. The number of allylic oxidation sites excluding steroid dienone is 1. The van der Waals surface area contributed by atoms with E-state index in [1.54, 1.807) is 11.0 Å². The Morgan fingerprint density at radius 2 is 1.60 bits per heavy atom. The van der Waals surface area contributed by atoms with Crippen molar-refractivity contribution in [1.82, 2.24) is 10.2 Å². The van der Waals surface area contributed by atoms with Crippen molar-refractivity contribution in [2.45, 2.75) is 43.6 Å². The van der Waals surface area contributed by atoms with Crippen LogP contribution >= 0.6 is 0 Å². The molecule has 35 heavy (non-hydrogen) atoms. The van der Waals surface area contributed by atoms with Crippen molar-refractivity contribution in [3.63, 3.8) is 0 Å². The van der Waals surface area contributed by atoms with Gasteiger partial charge in [-0.2, -0.15) is 0 Å². The molecule has 1 aliphatic heterocycles. The molecule has 0 radical (unpaired) electrons. The van der Waals surface area contributed by atoms with Crippen molar-refractivity contribution in [1.29, 1.82) is 0 Å². The number of hydrogen-bond donors (Lipinski definition) is 2. The normalized spacial score (nSPS) is 19.3. The summed E-state index contributed by atoms with van der Waals surface area (Å²) in [5, 5.41) is 12.5. The van der Waals surface area contributed by atoms with Crippen molar-refractivity contribution in [2.24, 2.45) is 5.41 Å². The largest absolute Gasteiger partial charge is 0.481 e. The van der Waals surface area contributed by atoms with Crippen LogP contribution in [-0.2, 0) is 14.3 Å².